The predicted octanol–water partition coefficient (Wildman–Crippen LogP) is 4.73. The lowest BCUT2D eigenvalue weighted by Gasteiger charge is -2.22. The van der Waals surface area contributed by atoms with Crippen molar-refractivity contribution in [2.75, 3.05) is 20.3 Å². The van der Waals surface area contributed by atoms with E-state index in [4.69, 9.17) is 14.2 Å². The van der Waals surface area contributed by atoms with Crippen molar-refractivity contribution < 1.29 is 19.0 Å². The van der Waals surface area contributed by atoms with Gasteiger partial charge in [-0.05, 0) is 73.8 Å². The Morgan fingerprint density at radius 2 is 1.75 bits per heavy atom. The minimum atomic E-state index is -0.293. The predicted molar refractivity (Wildman–Crippen MR) is 109 cm³/mol. The third-order valence-corrected chi connectivity index (χ3v) is 5.12. The van der Waals surface area contributed by atoms with Crippen LogP contribution in [0.4, 0.5) is 0 Å². The second-order valence-electron chi connectivity index (χ2n) is 7.28. The smallest absolute Gasteiger partial charge is 0.337 e. The minimum absolute atomic E-state index is 0.00524. The van der Waals surface area contributed by atoms with Crippen LogP contribution < -0.4 is 0 Å². The Bertz CT molecular complexity index is 733. The molecule has 2 aromatic rings. The Morgan fingerprint density at radius 1 is 1.00 bits per heavy atom. The Labute approximate surface area is 167 Å². The molecule has 0 spiro atoms. The summed E-state index contributed by atoms with van der Waals surface area (Å²) in [5.41, 5.74) is 4.51. The Kier molecular flexibility index (Phi) is 8.07. The van der Waals surface area contributed by atoms with Gasteiger partial charge in [0, 0.05) is 6.61 Å². The van der Waals surface area contributed by atoms with Crippen LogP contribution in [0.25, 0.3) is 0 Å². The molecule has 1 fully saturated rings. The minimum Gasteiger partial charge on any atom is -0.465 e. The molecular formula is C24H30O4. The molecule has 150 valence electrons. The third-order valence-electron chi connectivity index (χ3n) is 5.12. The van der Waals surface area contributed by atoms with Gasteiger partial charge in [-0.1, -0.05) is 36.4 Å². The molecule has 0 aliphatic carbocycles. The van der Waals surface area contributed by atoms with Crippen molar-refractivity contribution in [2.24, 2.45) is 0 Å². The number of hydrogen-bond acceptors (Lipinski definition) is 4. The fourth-order valence-electron chi connectivity index (χ4n) is 3.49. The molecule has 1 aliphatic heterocycles. The second-order valence-corrected chi connectivity index (χ2v) is 7.28. The van der Waals surface area contributed by atoms with Gasteiger partial charge >= 0.3 is 5.97 Å². The van der Waals surface area contributed by atoms with E-state index in [0.29, 0.717) is 5.56 Å². The molecule has 1 saturated heterocycles. The summed E-state index contributed by atoms with van der Waals surface area (Å²) in [6, 6.07) is 16.4. The van der Waals surface area contributed by atoms with Crippen LogP contribution in [0, 0.1) is 0 Å². The van der Waals surface area contributed by atoms with Crippen LogP contribution in [0.1, 0.15) is 52.7 Å². The molecule has 1 unspecified atom stereocenters. The van der Waals surface area contributed by atoms with Gasteiger partial charge in [0.2, 0.25) is 0 Å². The van der Waals surface area contributed by atoms with Crippen molar-refractivity contribution in [3.05, 3.63) is 70.8 Å². The van der Waals surface area contributed by atoms with E-state index in [1.165, 1.54) is 30.2 Å². The molecule has 4 nitrogen and oxygen atoms in total. The lowest BCUT2D eigenvalue weighted by molar-refractivity contribution is -0.162. The van der Waals surface area contributed by atoms with E-state index in [0.717, 1.165) is 51.7 Å². The maximum atomic E-state index is 11.5. The van der Waals surface area contributed by atoms with Crippen LogP contribution in [0.5, 0.6) is 0 Å². The maximum Gasteiger partial charge on any atom is 0.337 e. The van der Waals surface area contributed by atoms with E-state index in [1.54, 1.807) is 0 Å². The first-order valence-corrected chi connectivity index (χ1v) is 10.2. The van der Waals surface area contributed by atoms with E-state index < -0.39 is 0 Å². The summed E-state index contributed by atoms with van der Waals surface area (Å²) in [6.07, 6.45) is 7.36. The van der Waals surface area contributed by atoms with Crippen LogP contribution in [0.15, 0.2) is 48.5 Å². The van der Waals surface area contributed by atoms with E-state index >= 15 is 0 Å². The summed E-state index contributed by atoms with van der Waals surface area (Å²) in [7, 11) is 1.40. The highest BCUT2D eigenvalue weighted by Crippen LogP contribution is 2.15. The number of esters is 1. The van der Waals surface area contributed by atoms with Crippen LogP contribution in [0.2, 0.25) is 0 Å². The largest absolute Gasteiger partial charge is 0.465 e. The van der Waals surface area contributed by atoms with Gasteiger partial charge in [-0.15, -0.1) is 0 Å². The van der Waals surface area contributed by atoms with Gasteiger partial charge in [-0.25, -0.2) is 4.79 Å². The highest BCUT2D eigenvalue weighted by molar-refractivity contribution is 5.89. The van der Waals surface area contributed by atoms with E-state index in [1.807, 2.05) is 24.3 Å². The van der Waals surface area contributed by atoms with Gasteiger partial charge in [0.15, 0.2) is 6.29 Å². The van der Waals surface area contributed by atoms with Crippen molar-refractivity contribution in [3.8, 4) is 0 Å². The first-order chi connectivity index (χ1) is 13.7. The molecule has 2 aromatic carbocycles. The Balaban J connectivity index is 1.42. The standard InChI is InChI=1S/C24H30O4/c1-26-24(25)22-14-12-19(13-15-22)10-11-21-7-4-6-20(18-21)8-5-17-28-23-9-2-3-16-27-23/h4,6-7,12-15,18,23H,2-3,5,8-11,16-17H2,1H3. The monoisotopic (exact) mass is 382 g/mol. The molecule has 0 aromatic heterocycles. The van der Waals surface area contributed by atoms with Crippen LogP contribution in [0.3, 0.4) is 0 Å². The number of methoxy groups -OCH3 is 1. The van der Waals surface area contributed by atoms with E-state index in [9.17, 15) is 4.79 Å². The molecular weight excluding hydrogens is 352 g/mol. The SMILES string of the molecule is COC(=O)c1ccc(CCc2cccc(CCCOC3CCCCO3)c2)cc1. The van der Waals surface area contributed by atoms with Gasteiger partial charge < -0.3 is 14.2 Å². The number of hydrogen-bond donors (Lipinski definition) is 0. The van der Waals surface area contributed by atoms with Crippen molar-refractivity contribution in [2.45, 2.75) is 51.2 Å². The molecule has 1 aliphatic rings. The van der Waals surface area contributed by atoms with Gasteiger partial charge in [0.1, 0.15) is 0 Å². The zero-order chi connectivity index (χ0) is 19.6. The molecule has 3 rings (SSSR count). The number of carbonyl (C=O) groups excluding carboxylic acids is 1. The lowest BCUT2D eigenvalue weighted by atomic mass is 10.0. The molecule has 0 bridgehead atoms. The Morgan fingerprint density at radius 3 is 2.46 bits per heavy atom. The first kappa shape index (κ1) is 20.6. The zero-order valence-electron chi connectivity index (χ0n) is 16.7. The van der Waals surface area contributed by atoms with E-state index in [2.05, 4.69) is 24.3 Å². The first-order valence-electron chi connectivity index (χ1n) is 10.2. The fraction of sp³-hybridized carbons (Fsp3) is 0.458. The summed E-state index contributed by atoms with van der Waals surface area (Å²) in [4.78, 5) is 11.5. The maximum absolute atomic E-state index is 11.5. The summed E-state index contributed by atoms with van der Waals surface area (Å²) in [6.45, 7) is 1.58. The lowest BCUT2D eigenvalue weighted by Crippen LogP contribution is -2.22. The molecule has 0 radical (unpaired) electrons. The molecule has 0 amide bonds. The third kappa shape index (κ3) is 6.47. The van der Waals surface area contributed by atoms with Gasteiger partial charge in [-0.2, -0.15) is 0 Å². The Hall–Kier alpha value is -2.17. The molecule has 0 N–H and O–H groups in total. The summed E-state index contributed by atoms with van der Waals surface area (Å²) < 4.78 is 16.2. The number of aryl methyl sites for hydroxylation is 3. The van der Waals surface area contributed by atoms with Crippen LogP contribution in [-0.4, -0.2) is 32.6 Å². The number of rotatable bonds is 9. The summed E-state index contributed by atoms with van der Waals surface area (Å²) in [5, 5.41) is 0. The van der Waals surface area contributed by atoms with Crippen molar-refractivity contribution in [1.82, 2.24) is 0 Å². The second kappa shape index (κ2) is 11.0. The number of carbonyl (C=O) groups is 1. The van der Waals surface area contributed by atoms with Crippen molar-refractivity contribution >= 4 is 5.97 Å². The topological polar surface area (TPSA) is 44.8 Å². The van der Waals surface area contributed by atoms with Gasteiger partial charge in [0.25, 0.3) is 0 Å². The molecule has 0 saturated carbocycles. The number of ether oxygens (including phenoxy) is 3. The molecule has 4 heteroatoms. The summed E-state index contributed by atoms with van der Waals surface area (Å²) in [5.74, 6) is -0.293. The fourth-order valence-corrected chi connectivity index (χ4v) is 3.49. The number of benzene rings is 2. The van der Waals surface area contributed by atoms with Crippen molar-refractivity contribution in [1.29, 1.82) is 0 Å². The quantitative estimate of drug-likeness (QED) is 0.464. The average Bonchev–Trinajstić information content (AvgIpc) is 2.76. The normalized spacial score (nSPS) is 16.7. The van der Waals surface area contributed by atoms with Crippen LogP contribution >= 0.6 is 0 Å². The van der Waals surface area contributed by atoms with Crippen molar-refractivity contribution in [3.63, 3.8) is 0 Å². The van der Waals surface area contributed by atoms with Gasteiger partial charge in [-0.3, -0.25) is 0 Å². The highest BCUT2D eigenvalue weighted by Gasteiger charge is 2.13. The van der Waals surface area contributed by atoms with Gasteiger partial charge in [0.05, 0.1) is 19.3 Å². The molecule has 1 heterocycles. The van der Waals surface area contributed by atoms with E-state index in [-0.39, 0.29) is 12.3 Å². The average molecular weight is 383 g/mol. The molecule has 1 atom stereocenters. The molecule has 28 heavy (non-hydrogen) atoms. The zero-order valence-corrected chi connectivity index (χ0v) is 16.7. The highest BCUT2D eigenvalue weighted by atomic mass is 16.7. The van der Waals surface area contributed by atoms with Crippen LogP contribution in [-0.2, 0) is 33.5 Å². The summed E-state index contributed by atoms with van der Waals surface area (Å²) >= 11 is 0.